The Labute approximate surface area is 699 Å². The van der Waals surface area contributed by atoms with E-state index in [4.69, 9.17) is 29.6 Å². The summed E-state index contributed by atoms with van der Waals surface area (Å²) in [5.41, 5.74) is 6.11. The molecule has 0 aromatic carbocycles. The van der Waals surface area contributed by atoms with Crippen LogP contribution in [-0.4, -0.2) is 74.3 Å². The summed E-state index contributed by atoms with van der Waals surface area (Å²) in [6.45, 7) is 63.6. The van der Waals surface area contributed by atoms with Crippen LogP contribution in [0.1, 0.15) is 321 Å². The maximum Gasteiger partial charge on any atom is 0.321 e. The second-order valence-electron chi connectivity index (χ2n) is 43.6. The molecule has 2 amide bonds. The molecule has 0 bridgehead atoms. The monoisotopic (exact) mass is 1620 g/mol. The first-order valence-corrected chi connectivity index (χ1v) is 42.0. The van der Waals surface area contributed by atoms with E-state index in [9.17, 15) is 56.2 Å². The number of allylic oxidation sites excluding steroid dienone is 12. The molecular weight excluding hydrogens is 1470 g/mol. The smallest absolute Gasteiger partial charge is 0.321 e. The van der Waals surface area contributed by atoms with Gasteiger partial charge in [0.15, 0.2) is 28.9 Å². The van der Waals surface area contributed by atoms with Crippen molar-refractivity contribution in [2.75, 3.05) is 0 Å². The molecule has 0 heterocycles. The Kier molecular flexibility index (Phi) is 23.2. The van der Waals surface area contributed by atoms with Gasteiger partial charge in [0.2, 0.25) is 17.1 Å². The first-order chi connectivity index (χ1) is 53.9. The van der Waals surface area contributed by atoms with Crippen molar-refractivity contribution < 1.29 is 60.3 Å². The number of amides is 2. The van der Waals surface area contributed by atoms with Gasteiger partial charge in [0.05, 0.1) is 25.5 Å². The summed E-state index contributed by atoms with van der Waals surface area (Å²) in [6.07, 6.45) is 26.8. The summed E-state index contributed by atoms with van der Waals surface area (Å²) >= 11 is 0. The third kappa shape index (κ3) is 13.6. The van der Waals surface area contributed by atoms with Crippen LogP contribution in [0.5, 0.6) is 0 Å². The lowest BCUT2D eigenvalue weighted by atomic mass is 9.35. The number of aliphatic hydroxyl groups is 1. The first kappa shape index (κ1) is 90.4. The second-order valence-corrected chi connectivity index (χ2v) is 43.6. The lowest BCUT2D eigenvalue weighted by Gasteiger charge is -2.69. The van der Waals surface area contributed by atoms with E-state index < -0.39 is 67.7 Å². The topological polar surface area (TPSA) is 203 Å². The predicted molar refractivity (Wildman–Crippen MR) is 453 cm³/mol. The summed E-state index contributed by atoms with van der Waals surface area (Å²) in [7, 11) is 3.75. The number of nitrogens with zero attached hydrogens (tertiary/aromatic N) is 3. The zero-order valence-electron chi connectivity index (χ0n) is 76.1. The van der Waals surface area contributed by atoms with E-state index in [0.29, 0.717) is 77.3 Å². The Morgan fingerprint density at radius 1 is 0.457 bits per heavy atom. The van der Waals surface area contributed by atoms with Crippen LogP contribution in [0.3, 0.4) is 0 Å². The van der Waals surface area contributed by atoms with Crippen LogP contribution in [-0.2, 0) is 33.6 Å². The molecule has 15 aliphatic rings. The van der Waals surface area contributed by atoms with Crippen LogP contribution in [0.4, 0.5) is 17.6 Å². The molecule has 0 saturated heterocycles. The number of hydrogen-bond donors (Lipinski definition) is 4. The zero-order chi connectivity index (χ0) is 88.1. The Morgan fingerprint density at radius 3 is 1.13 bits per heavy atom. The van der Waals surface area contributed by atoms with E-state index in [1.165, 1.54) is 27.8 Å². The molecule has 15 aliphatic carbocycles. The number of nitrogens with two attached hydrogens (primary N) is 1. The van der Waals surface area contributed by atoms with E-state index in [1.54, 1.807) is 6.08 Å². The van der Waals surface area contributed by atoms with E-state index in [2.05, 4.69) is 129 Å². The molecule has 0 radical (unpaired) electrons. The fourth-order valence-corrected chi connectivity index (χ4v) is 29.1. The van der Waals surface area contributed by atoms with Crippen LogP contribution >= 0.6 is 0 Å². The number of nitrogens with one attached hydrogen (secondary N) is 2. The van der Waals surface area contributed by atoms with Crippen molar-refractivity contribution in [2.45, 2.75) is 345 Å². The molecule has 24 atom stereocenters. The Morgan fingerprint density at radius 2 is 0.767 bits per heavy atom. The van der Waals surface area contributed by atoms with Gasteiger partial charge >= 0.3 is 11.8 Å². The minimum atomic E-state index is -3.49. The molecule has 0 spiro atoms. The van der Waals surface area contributed by atoms with Crippen molar-refractivity contribution in [2.24, 2.45) is 142 Å². The van der Waals surface area contributed by atoms with Crippen LogP contribution in [0.2, 0.25) is 0 Å². The third-order valence-electron chi connectivity index (χ3n) is 36.3. The molecule has 0 aliphatic heterocycles. The van der Waals surface area contributed by atoms with Gasteiger partial charge in [-0.05, 0) is 249 Å². The fourth-order valence-electron chi connectivity index (χ4n) is 29.1. The lowest BCUT2D eigenvalue weighted by Crippen LogP contribution is -2.70. The number of rotatable bonds is 4. The average molecular weight is 1620 g/mol. The van der Waals surface area contributed by atoms with Gasteiger partial charge < -0.3 is 31.1 Å². The first-order valence-electron chi connectivity index (χ1n) is 45.0. The zero-order valence-corrected chi connectivity index (χ0v) is 73.1. The molecule has 644 valence electrons. The van der Waals surface area contributed by atoms with Gasteiger partial charge in [-0.15, -0.1) is 0 Å². The van der Waals surface area contributed by atoms with Crippen molar-refractivity contribution in [1.82, 2.24) is 10.6 Å². The van der Waals surface area contributed by atoms with Gasteiger partial charge in [-0.2, -0.15) is 17.6 Å². The molecular formula is C98H146F4N6O8. The normalized spacial score (nSPS) is 44.9. The number of hydrogen-bond acceptors (Lipinski definition) is 9. The highest BCUT2D eigenvalue weighted by atomic mass is 19.3. The minimum Gasteiger partial charge on any atom is -0.523 e. The summed E-state index contributed by atoms with van der Waals surface area (Å²) in [6, 6.07) is 0. The highest BCUT2D eigenvalue weighted by molar-refractivity contribution is 6.02. The van der Waals surface area contributed by atoms with Gasteiger partial charge in [-0.1, -0.05) is 191 Å². The number of Topliss-reactive ketones (excluding diaryl/α,β-unsaturated/α-hetero) is 2. The van der Waals surface area contributed by atoms with E-state index in [0.717, 1.165) is 94.6 Å². The molecule has 116 heavy (non-hydrogen) atoms. The highest BCUT2D eigenvalue weighted by Gasteiger charge is 2.74. The minimum absolute atomic E-state index is 0. The molecule has 9 fully saturated rings. The molecule has 5 N–H and O–H groups in total. The van der Waals surface area contributed by atoms with Crippen molar-refractivity contribution >= 4 is 40.7 Å². The predicted octanol–water partition coefficient (Wildman–Crippen LogP) is 23.2. The SMILES string of the molecule is C.C.[3H]C.[3H]C.[3H]C.[C-]#[N+]C1=C(O)[C@@H](C)[C@@H]2CC[C@]3(C)C(=CC(=O)[C@@H]4[C@@H]5CC(C)(C)CC[C@]5(NC(=O)C(C)(F)F)CC[C@]43C)[C@@]2(C)C1.[C-]#[N+]C1=C[C@]2(C)C3=CC(=O)[C@@H]4[C@@H]5CC(C)(C)CC[C@]5(N)CC[C@@]4(C)[C@]3(C)CC[C@H]2[C@H](C)C1=O.[C-]#[N+]C1=C[C@]2(C)C3=CC(=O)[C@@H]4[C@@H]5CC(C)(C)CC[C@]5(NC(=O)C(C)(F)F)CC[C@@]4(C)[C@]3(C)CC[C@H]2[C@H](C)C1=O. The van der Waals surface area contributed by atoms with Gasteiger partial charge in [-0.3, -0.25) is 24.0 Å². The summed E-state index contributed by atoms with van der Waals surface area (Å²) in [4.78, 5) is 105. The molecule has 0 aromatic heterocycles. The number of fused-ring (bicyclic) bond motifs is 21. The lowest BCUT2D eigenvalue weighted by molar-refractivity contribution is -0.168. The number of carbonyl (C=O) groups excluding carboxylic acids is 7. The van der Waals surface area contributed by atoms with Gasteiger partial charge in [0.1, 0.15) is 0 Å². The van der Waals surface area contributed by atoms with Crippen LogP contribution in [0.25, 0.3) is 14.5 Å². The Bertz CT molecular complexity index is 4410. The molecule has 15 rings (SSSR count). The van der Waals surface area contributed by atoms with E-state index >= 15 is 0 Å². The quantitative estimate of drug-likeness (QED) is 0.156. The van der Waals surface area contributed by atoms with Gasteiger partial charge in [-0.25, -0.2) is 14.5 Å². The number of aliphatic hydroxyl groups excluding tert-OH is 1. The molecule has 0 aromatic rings. The van der Waals surface area contributed by atoms with Crippen LogP contribution < -0.4 is 16.4 Å². The maximum atomic E-state index is 14.4. The summed E-state index contributed by atoms with van der Waals surface area (Å²) < 4.78 is 73.8. The second kappa shape index (κ2) is 29.8. The van der Waals surface area contributed by atoms with Crippen molar-refractivity contribution in [1.29, 1.82) is 0 Å². The largest absolute Gasteiger partial charge is 0.523 e. The standard InChI is InChI=1S/C32H44F2N2O3.C32H42F2N2O3.C29H40N2O2.5CH4/c2*1-18-19-9-10-29(5)23(28(19,4)17-21(35-8)25(18)38)15-22(37)24-20-16-27(2,3)11-13-32(20,14-12-30(24,29)6)36-26(39)31(7,33)34;1-17-18-8-9-27(5)22(26(18,4)16-20(31-7)24(17)33)14-21(32)23-19-15-25(2,3)10-12-29(19,30)13-11-28(23,27)6;;;;;/h15,18-20,24,38H,9-14,16-17H2,1-7H3,(H,36,39);15,17-20,24H,9-14,16H2,1-7H3,(H,36,39);14,16-19,23H,8-13,15,30H2,1-6H3;5*1H4/t2*18-,19-,20-,24-,28-,29+,30+,32-;17-,18-,19-,23-,26-,27+,28+,29-;;;;;/m000...../s1/i;;;3*1T;;. The number of ketones is 5. The molecule has 9 saturated carbocycles. The summed E-state index contributed by atoms with van der Waals surface area (Å²) in [5, 5.41) is 16.4. The maximum absolute atomic E-state index is 14.4. The third-order valence-corrected chi connectivity index (χ3v) is 36.3. The van der Waals surface area contributed by atoms with Crippen molar-refractivity contribution in [3.8, 4) is 0 Å². The number of halogens is 4. The van der Waals surface area contributed by atoms with Crippen LogP contribution in [0, 0.1) is 156 Å². The fraction of sp³-hybridized carbons (Fsp3) is 0.776. The highest BCUT2D eigenvalue weighted by Crippen LogP contribution is 2.77. The number of alkyl halides is 4. The van der Waals surface area contributed by atoms with E-state index in [-0.39, 0.29) is 169 Å². The molecule has 18 heteroatoms. The van der Waals surface area contributed by atoms with Gasteiger partial charge in [0.25, 0.3) is 11.8 Å². The molecule has 0 unspecified atom stereocenters. The Hall–Kier alpha value is -6.32. The van der Waals surface area contributed by atoms with Gasteiger partial charge in [0, 0.05) is 80.9 Å². The molecule has 14 nitrogen and oxygen atoms in total. The Balaban J connectivity index is 0.000000214. The summed E-state index contributed by atoms with van der Waals surface area (Å²) in [5.74, 6) is -10.6. The van der Waals surface area contributed by atoms with E-state index in [1.807, 2.05) is 45.1 Å². The number of carbonyl (C=O) groups is 7. The van der Waals surface area contributed by atoms with Crippen molar-refractivity contribution in [3.05, 3.63) is 104 Å². The van der Waals surface area contributed by atoms with Crippen molar-refractivity contribution in [3.63, 3.8) is 0 Å². The van der Waals surface area contributed by atoms with Crippen LogP contribution in [0.15, 0.2) is 69.9 Å². The average Bonchev–Trinajstić information content (AvgIpc) is 0.687.